The molecule has 0 aromatic rings. The Labute approximate surface area is 72.4 Å². The van der Waals surface area contributed by atoms with Crippen molar-refractivity contribution in [2.45, 2.75) is 32.2 Å². The van der Waals surface area contributed by atoms with Gasteiger partial charge in [0.15, 0.2) is 5.37 Å². The van der Waals surface area contributed by atoms with E-state index in [1.165, 1.54) is 0 Å². The summed E-state index contributed by atoms with van der Waals surface area (Å²) in [7, 11) is 0. The minimum Gasteiger partial charge on any atom is -0.211 e. The van der Waals surface area contributed by atoms with Crippen molar-refractivity contribution >= 4 is 11.8 Å². The third kappa shape index (κ3) is 1.78. The van der Waals surface area contributed by atoms with Crippen molar-refractivity contribution in [1.82, 2.24) is 0 Å². The maximum Gasteiger partial charge on any atom is 0.179 e. The highest BCUT2D eigenvalue weighted by atomic mass is 32.2. The van der Waals surface area contributed by atoms with Crippen LogP contribution in [-0.4, -0.2) is 27.0 Å². The topological polar surface area (TPSA) is 20.2 Å². The van der Waals surface area contributed by atoms with Crippen molar-refractivity contribution in [2.75, 3.05) is 5.75 Å². The molecule has 1 fully saturated rings. The summed E-state index contributed by atoms with van der Waals surface area (Å²) in [4.78, 5) is 0. The first-order valence-electron chi connectivity index (χ1n) is 3.97. The number of allylic oxidation sites excluding steroid dienone is 1. The van der Waals surface area contributed by atoms with E-state index in [0.717, 1.165) is 5.75 Å². The fourth-order valence-corrected chi connectivity index (χ4v) is 2.00. The van der Waals surface area contributed by atoms with Crippen LogP contribution in [0.15, 0.2) is 12.3 Å². The Morgan fingerprint density at radius 1 is 1.64 bits per heavy atom. The first-order valence-corrected chi connectivity index (χ1v) is 5.02. The molecule has 0 saturated carbocycles. The molecule has 0 aliphatic carbocycles. The molecule has 0 aromatic heterocycles. The summed E-state index contributed by atoms with van der Waals surface area (Å²) in [6.07, 6.45) is 3.79. The summed E-state index contributed by atoms with van der Waals surface area (Å²) in [6.45, 7) is 6.02. The van der Waals surface area contributed by atoms with Crippen LogP contribution in [0.3, 0.4) is 0 Å². The maximum atomic E-state index is 10.1. The molecule has 1 saturated heterocycles. The molecule has 0 aromatic carbocycles. The van der Waals surface area contributed by atoms with Crippen LogP contribution in [0.5, 0.6) is 0 Å². The van der Waals surface area contributed by atoms with Gasteiger partial charge in [0.1, 0.15) is 12.2 Å². The molecule has 0 bridgehead atoms. The van der Waals surface area contributed by atoms with Crippen LogP contribution >= 0.6 is 11.8 Å². The van der Waals surface area contributed by atoms with Crippen LogP contribution < -0.4 is 0 Å². The first-order chi connectivity index (χ1) is 5.11. The van der Waals surface area contributed by atoms with Crippen LogP contribution in [0, 0.1) is 0 Å². The second-order valence-corrected chi connectivity index (χ2v) is 4.37. The Morgan fingerprint density at radius 3 is 2.45 bits per heavy atom. The lowest BCUT2D eigenvalue weighted by molar-refractivity contribution is -1.08. The molecular formula is C8H16NOS+. The van der Waals surface area contributed by atoms with Crippen molar-refractivity contribution in [3.8, 4) is 0 Å². The Hall–Kier alpha value is 0.0100. The smallest absolute Gasteiger partial charge is 0.179 e. The standard InChI is InChI=1S/C8H16NOS/c1-4-5-9(10,7(2)3)8-6-11-8/h4-5,7-8,10H,6H2,1-3H3/q+1/b5-4-. The third-order valence-corrected chi connectivity index (χ3v) is 2.96. The molecule has 0 spiro atoms. The summed E-state index contributed by atoms with van der Waals surface area (Å²) in [5.74, 6) is 1.08. The predicted molar refractivity (Wildman–Crippen MR) is 48.2 cm³/mol. The predicted octanol–water partition coefficient (Wildman–Crippen LogP) is 2.21. The van der Waals surface area contributed by atoms with Gasteiger partial charge in [0.2, 0.25) is 0 Å². The van der Waals surface area contributed by atoms with Crippen molar-refractivity contribution < 1.29 is 9.85 Å². The summed E-state index contributed by atoms with van der Waals surface area (Å²) in [5.41, 5.74) is 0. The van der Waals surface area contributed by atoms with E-state index >= 15 is 0 Å². The average Bonchev–Trinajstić information content (AvgIpc) is 2.68. The van der Waals surface area contributed by atoms with E-state index < -0.39 is 0 Å². The number of hydroxylamine groups is 3. The Bertz CT molecular complexity index is 161. The van der Waals surface area contributed by atoms with Crippen molar-refractivity contribution in [3.05, 3.63) is 12.3 Å². The quantitative estimate of drug-likeness (QED) is 0.402. The van der Waals surface area contributed by atoms with Crippen LogP contribution in [-0.2, 0) is 0 Å². The molecule has 1 aliphatic rings. The minimum absolute atomic E-state index is 0.0984. The van der Waals surface area contributed by atoms with Gasteiger partial charge in [-0.15, -0.1) is 4.65 Å². The molecule has 1 heterocycles. The fourth-order valence-electron chi connectivity index (χ4n) is 1.12. The average molecular weight is 174 g/mol. The highest BCUT2D eigenvalue weighted by Crippen LogP contribution is 2.39. The zero-order valence-electron chi connectivity index (χ0n) is 7.32. The molecule has 3 heteroatoms. The van der Waals surface area contributed by atoms with Crippen LogP contribution in [0.25, 0.3) is 0 Å². The fraction of sp³-hybridized carbons (Fsp3) is 0.750. The molecule has 11 heavy (non-hydrogen) atoms. The minimum atomic E-state index is 0.0984. The largest absolute Gasteiger partial charge is 0.211 e. The van der Waals surface area contributed by atoms with E-state index in [1.54, 1.807) is 0 Å². The lowest BCUT2D eigenvalue weighted by Crippen LogP contribution is -2.47. The molecule has 2 atom stereocenters. The zero-order chi connectivity index (χ0) is 8.48. The monoisotopic (exact) mass is 174 g/mol. The van der Waals surface area contributed by atoms with E-state index in [0.29, 0.717) is 5.37 Å². The van der Waals surface area contributed by atoms with E-state index in [1.807, 2.05) is 44.8 Å². The lowest BCUT2D eigenvalue weighted by Gasteiger charge is -2.29. The first kappa shape index (κ1) is 9.10. The summed E-state index contributed by atoms with van der Waals surface area (Å²) >= 11 is 1.81. The van der Waals surface area contributed by atoms with Gasteiger partial charge in [-0.2, -0.15) is 0 Å². The number of hydrogen-bond acceptors (Lipinski definition) is 2. The Morgan fingerprint density at radius 2 is 2.18 bits per heavy atom. The summed E-state index contributed by atoms with van der Waals surface area (Å²) < 4.78 is 0.0984. The maximum absolute atomic E-state index is 10.1. The molecule has 0 amide bonds. The highest BCUT2D eigenvalue weighted by molar-refractivity contribution is 8.06. The number of nitrogens with zero attached hydrogens (tertiary/aromatic N) is 1. The molecule has 0 radical (unpaired) electrons. The molecule has 2 nitrogen and oxygen atoms in total. The Kier molecular flexibility index (Phi) is 2.62. The molecule has 1 aliphatic heterocycles. The van der Waals surface area contributed by atoms with Gasteiger partial charge < -0.3 is 0 Å². The van der Waals surface area contributed by atoms with Crippen LogP contribution in [0.2, 0.25) is 0 Å². The second kappa shape index (κ2) is 3.17. The molecule has 64 valence electrons. The van der Waals surface area contributed by atoms with Gasteiger partial charge in [-0.1, -0.05) is 11.8 Å². The lowest BCUT2D eigenvalue weighted by atomic mass is 10.3. The second-order valence-electron chi connectivity index (χ2n) is 3.16. The van der Waals surface area contributed by atoms with E-state index in [2.05, 4.69) is 0 Å². The number of hydrogen-bond donors (Lipinski definition) is 1. The molecular weight excluding hydrogens is 158 g/mol. The highest BCUT2D eigenvalue weighted by Gasteiger charge is 2.46. The SMILES string of the molecule is C/C=C\[N+](O)(C(C)C)C1CS1. The van der Waals surface area contributed by atoms with Gasteiger partial charge in [-0.05, 0) is 26.8 Å². The van der Waals surface area contributed by atoms with E-state index in [-0.39, 0.29) is 10.7 Å². The van der Waals surface area contributed by atoms with Gasteiger partial charge in [-0.25, -0.2) is 5.21 Å². The van der Waals surface area contributed by atoms with Gasteiger partial charge in [-0.3, -0.25) is 0 Å². The van der Waals surface area contributed by atoms with Gasteiger partial charge in [0, 0.05) is 0 Å². The van der Waals surface area contributed by atoms with Crippen molar-refractivity contribution in [2.24, 2.45) is 0 Å². The Balaban J connectivity index is 2.68. The van der Waals surface area contributed by atoms with Crippen molar-refractivity contribution in [1.29, 1.82) is 0 Å². The van der Waals surface area contributed by atoms with E-state index in [9.17, 15) is 5.21 Å². The third-order valence-electron chi connectivity index (χ3n) is 1.99. The molecule has 1 rings (SSSR count). The zero-order valence-corrected chi connectivity index (χ0v) is 8.14. The van der Waals surface area contributed by atoms with Crippen molar-refractivity contribution in [3.63, 3.8) is 0 Å². The normalized spacial score (nSPS) is 29.4. The summed E-state index contributed by atoms with van der Waals surface area (Å²) in [6, 6.07) is 0.256. The van der Waals surface area contributed by atoms with Gasteiger partial charge in [0.25, 0.3) is 0 Å². The molecule has 2 unspecified atom stereocenters. The number of thioether (sulfide) groups is 1. The number of quaternary nitrogens is 1. The van der Waals surface area contributed by atoms with E-state index in [4.69, 9.17) is 0 Å². The number of rotatable bonds is 3. The van der Waals surface area contributed by atoms with Gasteiger partial charge >= 0.3 is 0 Å². The van der Waals surface area contributed by atoms with Gasteiger partial charge in [0.05, 0.1) is 5.75 Å². The summed E-state index contributed by atoms with van der Waals surface area (Å²) in [5, 5.41) is 10.4. The van der Waals surface area contributed by atoms with Crippen LogP contribution in [0.1, 0.15) is 20.8 Å². The van der Waals surface area contributed by atoms with Crippen LogP contribution in [0.4, 0.5) is 0 Å². The molecule has 1 N–H and O–H groups in total.